The normalized spacial score (nSPS) is 21.1. The van der Waals surface area contributed by atoms with E-state index >= 15 is 0 Å². The Morgan fingerprint density at radius 3 is 1.44 bits per heavy atom. The molecule has 5 atom stereocenters. The van der Waals surface area contributed by atoms with Crippen LogP contribution in [0.5, 0.6) is 0 Å². The second-order valence-corrected chi connectivity index (χ2v) is 13.5. The first kappa shape index (κ1) is 33.7. The van der Waals surface area contributed by atoms with Crippen LogP contribution in [0.25, 0.3) is 0 Å². The Balaban J connectivity index is 1.37. The van der Waals surface area contributed by atoms with Crippen LogP contribution in [0.4, 0.5) is 0 Å². The van der Waals surface area contributed by atoms with Gasteiger partial charge >= 0.3 is 0 Å². The standard InChI is InChI=1S/C39H39NO7S/c41-48(42,35-23-13-14-24-40-35)39-38(46-28-33-21-11-4-12-22-33)37(45-27-32-19-9-3-10-20-32)36(44-26-31-17-7-2-8-18-31)34(47-39)29-43-25-30-15-5-1-6-16-30/h1-24,34,36-39H,25-29H2/t34-,36+,37+,38-,39?/m1/s1. The maximum Gasteiger partial charge on any atom is 0.225 e. The monoisotopic (exact) mass is 665 g/mol. The van der Waals surface area contributed by atoms with Crippen molar-refractivity contribution in [2.75, 3.05) is 6.61 Å². The molecule has 0 radical (unpaired) electrons. The fourth-order valence-electron chi connectivity index (χ4n) is 5.63. The summed E-state index contributed by atoms with van der Waals surface area (Å²) in [4.78, 5) is 4.19. The minimum atomic E-state index is -4.18. The highest BCUT2D eigenvalue weighted by atomic mass is 32.2. The largest absolute Gasteiger partial charge is 0.374 e. The molecule has 48 heavy (non-hydrogen) atoms. The molecule has 1 fully saturated rings. The van der Waals surface area contributed by atoms with Gasteiger partial charge in [0, 0.05) is 6.20 Å². The molecule has 2 heterocycles. The molecule has 248 valence electrons. The van der Waals surface area contributed by atoms with Gasteiger partial charge in [-0.3, -0.25) is 0 Å². The third kappa shape index (κ3) is 8.82. The third-order valence-electron chi connectivity index (χ3n) is 8.08. The van der Waals surface area contributed by atoms with E-state index in [2.05, 4.69) is 4.98 Å². The van der Waals surface area contributed by atoms with E-state index in [1.807, 2.05) is 121 Å². The summed E-state index contributed by atoms with van der Waals surface area (Å²) in [7, 11) is -4.18. The number of benzene rings is 4. The van der Waals surface area contributed by atoms with Gasteiger partial charge in [0.2, 0.25) is 9.84 Å². The first-order chi connectivity index (χ1) is 23.6. The molecule has 0 saturated carbocycles. The van der Waals surface area contributed by atoms with Gasteiger partial charge in [-0.25, -0.2) is 13.4 Å². The average Bonchev–Trinajstić information content (AvgIpc) is 3.14. The predicted octanol–water partition coefficient (Wildman–Crippen LogP) is 6.55. The van der Waals surface area contributed by atoms with Crippen LogP contribution in [-0.2, 0) is 59.9 Å². The van der Waals surface area contributed by atoms with E-state index in [4.69, 9.17) is 23.7 Å². The lowest BCUT2D eigenvalue weighted by molar-refractivity contribution is -0.256. The molecular weight excluding hydrogens is 626 g/mol. The Morgan fingerprint density at radius 1 is 0.521 bits per heavy atom. The summed E-state index contributed by atoms with van der Waals surface area (Å²) in [5.74, 6) is 0. The van der Waals surface area contributed by atoms with Crippen molar-refractivity contribution >= 4 is 9.84 Å². The topological polar surface area (TPSA) is 93.2 Å². The zero-order chi connectivity index (χ0) is 33.0. The molecule has 1 aliphatic rings. The highest BCUT2D eigenvalue weighted by molar-refractivity contribution is 7.91. The molecule has 0 amide bonds. The summed E-state index contributed by atoms with van der Waals surface area (Å²) in [5, 5.41) is -0.113. The minimum absolute atomic E-state index is 0.0548. The Kier molecular flexibility index (Phi) is 11.7. The van der Waals surface area contributed by atoms with Gasteiger partial charge in [0.05, 0.1) is 33.0 Å². The average molecular weight is 666 g/mol. The second kappa shape index (κ2) is 16.7. The minimum Gasteiger partial charge on any atom is -0.374 e. The summed E-state index contributed by atoms with van der Waals surface area (Å²) in [5.41, 5.74) is 2.28. The number of sulfone groups is 1. The molecule has 0 aliphatic carbocycles. The highest BCUT2D eigenvalue weighted by Gasteiger charge is 2.53. The van der Waals surface area contributed by atoms with E-state index in [1.54, 1.807) is 12.1 Å². The third-order valence-corrected chi connectivity index (χ3v) is 9.89. The fraction of sp³-hybridized carbons (Fsp3) is 0.256. The Labute approximate surface area is 282 Å². The van der Waals surface area contributed by atoms with Gasteiger partial charge in [-0.2, -0.15) is 0 Å². The van der Waals surface area contributed by atoms with Crippen LogP contribution < -0.4 is 0 Å². The van der Waals surface area contributed by atoms with E-state index in [1.165, 1.54) is 12.3 Å². The van der Waals surface area contributed by atoms with Crippen LogP contribution in [0.2, 0.25) is 0 Å². The van der Waals surface area contributed by atoms with Crippen molar-refractivity contribution in [2.24, 2.45) is 0 Å². The lowest BCUT2D eigenvalue weighted by Crippen LogP contribution is -2.63. The van der Waals surface area contributed by atoms with E-state index in [0.717, 1.165) is 22.3 Å². The van der Waals surface area contributed by atoms with Crippen LogP contribution in [0.15, 0.2) is 151 Å². The molecule has 6 rings (SSSR count). The summed E-state index contributed by atoms with van der Waals surface area (Å²) >= 11 is 0. The zero-order valence-corrected chi connectivity index (χ0v) is 27.3. The van der Waals surface area contributed by atoms with Gasteiger partial charge in [0.1, 0.15) is 24.4 Å². The molecule has 9 heteroatoms. The van der Waals surface area contributed by atoms with E-state index < -0.39 is 39.7 Å². The van der Waals surface area contributed by atoms with Gasteiger partial charge < -0.3 is 23.7 Å². The SMILES string of the molecule is O=S(=O)(c1ccccn1)C1O[C@H](COCc2ccccc2)[C@H](OCc2ccccc2)[C@H](OCc2ccccc2)[C@H]1OCc1ccccc1. The molecule has 0 N–H and O–H groups in total. The first-order valence-electron chi connectivity index (χ1n) is 16.0. The van der Waals surface area contributed by atoms with Crippen molar-refractivity contribution in [3.63, 3.8) is 0 Å². The Morgan fingerprint density at radius 2 is 0.958 bits per heavy atom. The van der Waals surface area contributed by atoms with Crippen molar-refractivity contribution in [1.29, 1.82) is 0 Å². The fourth-order valence-corrected chi connectivity index (χ4v) is 7.22. The van der Waals surface area contributed by atoms with Crippen molar-refractivity contribution < 1.29 is 32.1 Å². The summed E-state index contributed by atoms with van der Waals surface area (Å²) in [6.45, 7) is 0.954. The zero-order valence-electron chi connectivity index (χ0n) is 26.5. The van der Waals surface area contributed by atoms with Gasteiger partial charge in [-0.15, -0.1) is 0 Å². The van der Waals surface area contributed by atoms with Crippen molar-refractivity contribution in [1.82, 2.24) is 4.98 Å². The quantitative estimate of drug-likeness (QED) is 0.124. The summed E-state index contributed by atoms with van der Waals surface area (Å²) in [6.07, 6.45) is -2.06. The first-order valence-corrected chi connectivity index (χ1v) is 17.5. The number of ether oxygens (including phenoxy) is 5. The van der Waals surface area contributed by atoms with Gasteiger partial charge in [-0.1, -0.05) is 127 Å². The van der Waals surface area contributed by atoms with Gasteiger partial charge in [0.25, 0.3) is 0 Å². The summed E-state index contributed by atoms with van der Waals surface area (Å²) in [6, 6.07) is 43.6. The smallest absolute Gasteiger partial charge is 0.225 e. The molecule has 8 nitrogen and oxygen atoms in total. The van der Waals surface area contributed by atoms with Crippen LogP contribution in [0, 0.1) is 0 Å². The van der Waals surface area contributed by atoms with Gasteiger partial charge in [0.15, 0.2) is 10.5 Å². The molecular formula is C39H39NO7S. The maximum absolute atomic E-state index is 14.4. The Hall–Kier alpha value is -4.22. The predicted molar refractivity (Wildman–Crippen MR) is 181 cm³/mol. The molecule has 1 aromatic heterocycles. The van der Waals surface area contributed by atoms with E-state index in [0.29, 0.717) is 6.61 Å². The molecule has 1 saturated heterocycles. The maximum atomic E-state index is 14.4. The van der Waals surface area contributed by atoms with E-state index in [9.17, 15) is 8.42 Å². The van der Waals surface area contributed by atoms with Crippen molar-refractivity contribution in [3.05, 3.63) is 168 Å². The number of nitrogens with zero attached hydrogens (tertiary/aromatic N) is 1. The number of aromatic nitrogens is 1. The summed E-state index contributed by atoms with van der Waals surface area (Å²) < 4.78 is 61.2. The molecule has 5 aromatic rings. The van der Waals surface area contributed by atoms with Crippen LogP contribution in [0.1, 0.15) is 22.3 Å². The number of rotatable bonds is 15. The van der Waals surface area contributed by atoms with Crippen molar-refractivity contribution in [2.45, 2.75) is 61.3 Å². The van der Waals surface area contributed by atoms with Crippen LogP contribution in [-0.4, -0.2) is 49.9 Å². The molecule has 0 bridgehead atoms. The highest BCUT2D eigenvalue weighted by Crippen LogP contribution is 2.35. The molecule has 4 aromatic carbocycles. The molecule has 0 spiro atoms. The number of pyridine rings is 1. The van der Waals surface area contributed by atoms with E-state index in [-0.39, 0.29) is 31.5 Å². The lowest BCUT2D eigenvalue weighted by Gasteiger charge is -2.45. The van der Waals surface area contributed by atoms with Crippen LogP contribution in [0.3, 0.4) is 0 Å². The van der Waals surface area contributed by atoms with Crippen LogP contribution >= 0.6 is 0 Å². The molecule has 1 aliphatic heterocycles. The number of hydrogen-bond donors (Lipinski definition) is 0. The lowest BCUT2D eigenvalue weighted by atomic mass is 9.98. The molecule has 1 unspecified atom stereocenters. The Bertz CT molecular complexity index is 1760. The van der Waals surface area contributed by atoms with Gasteiger partial charge in [-0.05, 0) is 34.4 Å². The van der Waals surface area contributed by atoms with Crippen molar-refractivity contribution in [3.8, 4) is 0 Å². The number of hydrogen-bond acceptors (Lipinski definition) is 8. The second-order valence-electron chi connectivity index (χ2n) is 11.5.